The molecule has 0 saturated heterocycles. The molecule has 2 aliphatic rings. The first-order chi connectivity index (χ1) is 13.3. The van der Waals surface area contributed by atoms with E-state index in [-0.39, 0.29) is 16.8 Å². The van der Waals surface area contributed by atoms with Crippen molar-refractivity contribution in [1.82, 2.24) is 5.32 Å². The van der Waals surface area contributed by atoms with Crippen LogP contribution in [-0.2, 0) is 10.0 Å². The Kier molecular flexibility index (Phi) is 5.10. The number of sulfonamides is 1. The van der Waals surface area contributed by atoms with E-state index < -0.39 is 10.0 Å². The highest BCUT2D eigenvalue weighted by Crippen LogP contribution is 2.44. The molecule has 0 radical (unpaired) electrons. The van der Waals surface area contributed by atoms with Crippen LogP contribution in [0.2, 0.25) is 5.02 Å². The van der Waals surface area contributed by atoms with Gasteiger partial charge in [0.15, 0.2) is 0 Å². The number of rotatable bonds is 5. The lowest BCUT2D eigenvalue weighted by Crippen LogP contribution is -2.38. The highest BCUT2D eigenvalue weighted by molar-refractivity contribution is 7.92. The number of nitrogens with one attached hydrogen (secondary N) is 1. The third-order valence-electron chi connectivity index (χ3n) is 6.00. The Balaban J connectivity index is 1.52. The first kappa shape index (κ1) is 19.3. The third-order valence-corrected chi connectivity index (χ3v) is 8.05. The zero-order valence-electron chi connectivity index (χ0n) is 15.6. The summed E-state index contributed by atoms with van der Waals surface area (Å²) in [7, 11) is -2.25. The molecule has 5 nitrogen and oxygen atoms in total. The lowest BCUT2D eigenvalue weighted by Gasteiger charge is -2.23. The number of fused-ring (bicyclic) bond motifs is 2. The molecule has 0 heterocycles. The predicted molar refractivity (Wildman–Crippen MR) is 110 cm³/mol. The van der Waals surface area contributed by atoms with E-state index in [0.29, 0.717) is 22.2 Å². The number of anilines is 1. The van der Waals surface area contributed by atoms with Gasteiger partial charge in [0.05, 0.1) is 10.6 Å². The highest BCUT2D eigenvalue weighted by atomic mass is 35.5. The maximum absolute atomic E-state index is 12.9. The van der Waals surface area contributed by atoms with Gasteiger partial charge in [0.2, 0.25) is 0 Å². The van der Waals surface area contributed by atoms with Crippen molar-refractivity contribution in [2.45, 2.75) is 36.6 Å². The molecular weight excluding hydrogens is 396 g/mol. The summed E-state index contributed by atoms with van der Waals surface area (Å²) in [5.74, 6) is 1.19. The largest absolute Gasteiger partial charge is 0.349 e. The molecule has 1 N–H and O–H groups in total. The summed E-state index contributed by atoms with van der Waals surface area (Å²) >= 11 is 5.85. The van der Waals surface area contributed by atoms with Crippen LogP contribution in [0.3, 0.4) is 0 Å². The van der Waals surface area contributed by atoms with Crippen molar-refractivity contribution < 1.29 is 13.2 Å². The first-order valence-corrected chi connectivity index (χ1v) is 11.3. The van der Waals surface area contributed by atoms with Gasteiger partial charge in [-0.2, -0.15) is 0 Å². The minimum absolute atomic E-state index is 0.142. The van der Waals surface area contributed by atoms with E-state index in [4.69, 9.17) is 11.6 Å². The first-order valence-electron chi connectivity index (χ1n) is 9.50. The Hall–Kier alpha value is -2.05. The second kappa shape index (κ2) is 7.41. The summed E-state index contributed by atoms with van der Waals surface area (Å²) in [5.41, 5.74) is 0.911. The van der Waals surface area contributed by atoms with Crippen LogP contribution in [0.5, 0.6) is 0 Å². The Labute approximate surface area is 170 Å². The number of amides is 1. The van der Waals surface area contributed by atoms with Gasteiger partial charge in [0.1, 0.15) is 0 Å². The number of carbonyl (C=O) groups excluding carboxylic acids is 1. The molecule has 2 aromatic rings. The minimum Gasteiger partial charge on any atom is -0.349 e. The van der Waals surface area contributed by atoms with Crippen molar-refractivity contribution >= 4 is 33.2 Å². The normalized spacial score (nSPS) is 23.6. The van der Waals surface area contributed by atoms with Crippen LogP contribution < -0.4 is 9.62 Å². The van der Waals surface area contributed by atoms with E-state index in [1.54, 1.807) is 36.4 Å². The predicted octanol–water partition coefficient (Wildman–Crippen LogP) is 4.08. The summed E-state index contributed by atoms with van der Waals surface area (Å²) < 4.78 is 26.9. The summed E-state index contributed by atoms with van der Waals surface area (Å²) in [4.78, 5) is 12.9. The SMILES string of the molecule is CN(c1cccc(C(=O)N[C@H]2C[C@H]3CC[C@H]2C3)c1)S(=O)(=O)c1ccc(Cl)cc1. The van der Waals surface area contributed by atoms with Gasteiger partial charge in [-0.05, 0) is 73.6 Å². The van der Waals surface area contributed by atoms with Gasteiger partial charge in [-0.1, -0.05) is 24.1 Å². The summed E-state index contributed by atoms with van der Waals surface area (Å²) in [5, 5.41) is 3.62. The second-order valence-corrected chi connectivity index (χ2v) is 10.1. The van der Waals surface area contributed by atoms with Gasteiger partial charge in [-0.25, -0.2) is 8.42 Å². The van der Waals surface area contributed by atoms with E-state index in [0.717, 1.165) is 12.3 Å². The van der Waals surface area contributed by atoms with E-state index >= 15 is 0 Å². The summed E-state index contributed by atoms with van der Waals surface area (Å²) in [6.07, 6.45) is 4.74. The maximum atomic E-state index is 12.9. The molecule has 0 spiro atoms. The van der Waals surface area contributed by atoms with Crippen LogP contribution in [-0.4, -0.2) is 27.4 Å². The van der Waals surface area contributed by atoms with E-state index in [2.05, 4.69) is 5.32 Å². The Morgan fingerprint density at radius 2 is 1.86 bits per heavy atom. The number of benzene rings is 2. The van der Waals surface area contributed by atoms with Crippen molar-refractivity contribution in [1.29, 1.82) is 0 Å². The topological polar surface area (TPSA) is 66.5 Å². The van der Waals surface area contributed by atoms with Crippen molar-refractivity contribution in [2.75, 3.05) is 11.4 Å². The molecule has 28 heavy (non-hydrogen) atoms. The van der Waals surface area contributed by atoms with Crippen molar-refractivity contribution in [2.24, 2.45) is 11.8 Å². The number of nitrogens with zero attached hydrogens (tertiary/aromatic N) is 1. The smallest absolute Gasteiger partial charge is 0.264 e. The van der Waals surface area contributed by atoms with Gasteiger partial charge in [0.25, 0.3) is 15.9 Å². The van der Waals surface area contributed by atoms with E-state index in [1.165, 1.54) is 42.7 Å². The minimum atomic E-state index is -3.74. The summed E-state index contributed by atoms with van der Waals surface area (Å²) in [6, 6.07) is 13.0. The zero-order chi connectivity index (χ0) is 19.9. The average Bonchev–Trinajstić information content (AvgIpc) is 3.31. The molecule has 2 fully saturated rings. The van der Waals surface area contributed by atoms with Crippen LogP contribution >= 0.6 is 11.6 Å². The van der Waals surface area contributed by atoms with E-state index in [9.17, 15) is 13.2 Å². The average molecular weight is 419 g/mol. The van der Waals surface area contributed by atoms with Gasteiger partial charge in [-0.15, -0.1) is 0 Å². The number of hydrogen-bond donors (Lipinski definition) is 1. The molecule has 2 aromatic carbocycles. The van der Waals surface area contributed by atoms with Gasteiger partial charge in [-0.3, -0.25) is 9.10 Å². The van der Waals surface area contributed by atoms with Gasteiger partial charge < -0.3 is 5.32 Å². The maximum Gasteiger partial charge on any atom is 0.264 e. The standard InChI is InChI=1S/C21H23ClN2O3S/c1-24(28(26,27)19-9-7-17(22)8-10-19)18-4-2-3-16(13-18)21(25)23-20-12-14-5-6-15(20)11-14/h2-4,7-10,13-15,20H,5-6,11-12H2,1H3,(H,23,25)/t14-,15-,20-/m0/s1. The summed E-state index contributed by atoms with van der Waals surface area (Å²) in [6.45, 7) is 0. The number of carbonyl (C=O) groups is 1. The van der Waals surface area contributed by atoms with Crippen LogP contribution in [0.25, 0.3) is 0 Å². The van der Waals surface area contributed by atoms with Crippen LogP contribution in [0.15, 0.2) is 53.4 Å². The van der Waals surface area contributed by atoms with Crippen molar-refractivity contribution in [3.05, 3.63) is 59.1 Å². The lowest BCUT2D eigenvalue weighted by molar-refractivity contribution is 0.0923. The Morgan fingerprint density at radius 3 is 2.50 bits per heavy atom. The molecule has 0 unspecified atom stereocenters. The quantitative estimate of drug-likeness (QED) is 0.795. The molecule has 0 aromatic heterocycles. The Bertz CT molecular complexity index is 991. The molecule has 2 saturated carbocycles. The van der Waals surface area contributed by atoms with Crippen molar-refractivity contribution in [3.8, 4) is 0 Å². The van der Waals surface area contributed by atoms with E-state index in [1.807, 2.05) is 0 Å². The van der Waals surface area contributed by atoms with Crippen LogP contribution in [0.1, 0.15) is 36.0 Å². The molecule has 148 valence electrons. The molecule has 3 atom stereocenters. The van der Waals surface area contributed by atoms with Crippen LogP contribution in [0.4, 0.5) is 5.69 Å². The lowest BCUT2D eigenvalue weighted by atomic mass is 9.95. The second-order valence-electron chi connectivity index (χ2n) is 7.73. The molecule has 7 heteroatoms. The molecule has 4 rings (SSSR count). The van der Waals surface area contributed by atoms with Crippen LogP contribution in [0, 0.1) is 11.8 Å². The fraction of sp³-hybridized carbons (Fsp3) is 0.381. The highest BCUT2D eigenvalue weighted by Gasteiger charge is 2.40. The monoisotopic (exact) mass is 418 g/mol. The molecular formula is C21H23ClN2O3S. The molecule has 1 amide bonds. The van der Waals surface area contributed by atoms with Gasteiger partial charge in [0, 0.05) is 23.7 Å². The number of hydrogen-bond acceptors (Lipinski definition) is 3. The van der Waals surface area contributed by atoms with Crippen molar-refractivity contribution in [3.63, 3.8) is 0 Å². The third kappa shape index (κ3) is 3.63. The fourth-order valence-electron chi connectivity index (χ4n) is 4.42. The van der Waals surface area contributed by atoms with Gasteiger partial charge >= 0.3 is 0 Å². The molecule has 2 bridgehead atoms. The molecule has 2 aliphatic carbocycles. The Morgan fingerprint density at radius 1 is 1.11 bits per heavy atom. The zero-order valence-corrected chi connectivity index (χ0v) is 17.2. The molecule has 0 aliphatic heterocycles. The number of halogens is 1. The fourth-order valence-corrected chi connectivity index (χ4v) is 5.73.